The third-order valence-electron chi connectivity index (χ3n) is 4.43. The topological polar surface area (TPSA) is 35.6 Å². The summed E-state index contributed by atoms with van der Waals surface area (Å²) in [4.78, 5) is 16.8. The molecule has 4 heteroatoms. The zero-order valence-corrected chi connectivity index (χ0v) is 12.1. The summed E-state index contributed by atoms with van der Waals surface area (Å²) in [5.74, 6) is 0.225. The lowest BCUT2D eigenvalue weighted by molar-refractivity contribution is -0.123. The van der Waals surface area contributed by atoms with E-state index in [0.717, 1.165) is 45.6 Å². The van der Waals surface area contributed by atoms with Crippen LogP contribution in [0.5, 0.6) is 0 Å². The van der Waals surface area contributed by atoms with Crippen LogP contribution in [-0.2, 0) is 4.79 Å². The lowest BCUT2D eigenvalue weighted by Crippen LogP contribution is -2.44. The van der Waals surface area contributed by atoms with Gasteiger partial charge in [0.25, 0.3) is 0 Å². The molecule has 2 saturated heterocycles. The molecule has 4 nitrogen and oxygen atoms in total. The van der Waals surface area contributed by atoms with Crippen molar-refractivity contribution in [3.63, 3.8) is 0 Å². The number of amides is 1. The molecule has 0 spiro atoms. The SMILES string of the molecule is CN1CCN(c2cccc(C3CCCNC3=O)c2)CC1. The van der Waals surface area contributed by atoms with Crippen LogP contribution in [0, 0.1) is 0 Å². The van der Waals surface area contributed by atoms with Crippen molar-refractivity contribution in [2.75, 3.05) is 44.7 Å². The number of hydrogen-bond donors (Lipinski definition) is 1. The summed E-state index contributed by atoms with van der Waals surface area (Å²) >= 11 is 0. The minimum atomic E-state index is 0.0381. The van der Waals surface area contributed by atoms with Crippen molar-refractivity contribution in [2.45, 2.75) is 18.8 Å². The van der Waals surface area contributed by atoms with Crippen LogP contribution in [0.2, 0.25) is 0 Å². The average molecular weight is 273 g/mol. The first-order valence-corrected chi connectivity index (χ1v) is 7.55. The number of piperidine rings is 1. The first-order valence-electron chi connectivity index (χ1n) is 7.55. The van der Waals surface area contributed by atoms with Crippen molar-refractivity contribution in [3.05, 3.63) is 29.8 Å². The Labute approximate surface area is 120 Å². The molecule has 1 N–H and O–H groups in total. The van der Waals surface area contributed by atoms with E-state index in [1.807, 2.05) is 0 Å². The van der Waals surface area contributed by atoms with E-state index in [2.05, 4.69) is 46.4 Å². The number of nitrogens with one attached hydrogen (secondary N) is 1. The molecule has 108 valence electrons. The molecule has 2 aliphatic rings. The molecule has 2 fully saturated rings. The maximum absolute atomic E-state index is 12.0. The molecule has 3 rings (SSSR count). The molecule has 2 heterocycles. The Morgan fingerprint density at radius 1 is 1.20 bits per heavy atom. The number of anilines is 1. The first-order chi connectivity index (χ1) is 9.74. The molecular weight excluding hydrogens is 250 g/mol. The molecule has 20 heavy (non-hydrogen) atoms. The third-order valence-corrected chi connectivity index (χ3v) is 4.43. The second kappa shape index (κ2) is 5.83. The molecule has 0 aromatic heterocycles. The van der Waals surface area contributed by atoms with Gasteiger partial charge in [-0.05, 0) is 37.6 Å². The summed E-state index contributed by atoms with van der Waals surface area (Å²) < 4.78 is 0. The summed E-state index contributed by atoms with van der Waals surface area (Å²) in [5.41, 5.74) is 2.42. The van der Waals surface area contributed by atoms with Crippen molar-refractivity contribution in [1.82, 2.24) is 10.2 Å². The van der Waals surface area contributed by atoms with Crippen molar-refractivity contribution in [1.29, 1.82) is 0 Å². The maximum Gasteiger partial charge on any atom is 0.227 e. The highest BCUT2D eigenvalue weighted by Crippen LogP contribution is 2.27. The summed E-state index contributed by atoms with van der Waals surface area (Å²) in [6.45, 7) is 5.17. The number of hydrogen-bond acceptors (Lipinski definition) is 3. The largest absolute Gasteiger partial charge is 0.369 e. The van der Waals surface area contributed by atoms with E-state index in [-0.39, 0.29) is 11.8 Å². The van der Waals surface area contributed by atoms with Crippen LogP contribution in [0.25, 0.3) is 0 Å². The van der Waals surface area contributed by atoms with Gasteiger partial charge in [-0.1, -0.05) is 12.1 Å². The molecule has 1 unspecified atom stereocenters. The van der Waals surface area contributed by atoms with E-state index in [9.17, 15) is 4.79 Å². The van der Waals surface area contributed by atoms with Crippen molar-refractivity contribution >= 4 is 11.6 Å². The molecule has 0 bridgehead atoms. The van der Waals surface area contributed by atoms with E-state index >= 15 is 0 Å². The lowest BCUT2D eigenvalue weighted by atomic mass is 9.90. The average Bonchev–Trinajstić information content (AvgIpc) is 2.49. The number of benzene rings is 1. The zero-order chi connectivity index (χ0) is 13.9. The number of piperazine rings is 1. The van der Waals surface area contributed by atoms with Crippen LogP contribution in [0.1, 0.15) is 24.3 Å². The second-order valence-corrected chi connectivity index (χ2v) is 5.87. The van der Waals surface area contributed by atoms with E-state index in [1.54, 1.807) is 0 Å². The smallest absolute Gasteiger partial charge is 0.227 e. The Kier molecular flexibility index (Phi) is 3.92. The van der Waals surface area contributed by atoms with Gasteiger partial charge >= 0.3 is 0 Å². The van der Waals surface area contributed by atoms with Crippen molar-refractivity contribution < 1.29 is 4.79 Å². The van der Waals surface area contributed by atoms with E-state index in [0.29, 0.717) is 0 Å². The Morgan fingerprint density at radius 3 is 2.75 bits per heavy atom. The standard InChI is InChI=1S/C16H23N3O/c1-18-8-10-19(11-9-18)14-5-2-4-13(12-14)15-6-3-7-17-16(15)20/h2,4-5,12,15H,3,6-11H2,1H3,(H,17,20). The van der Waals surface area contributed by atoms with Crippen molar-refractivity contribution in [2.24, 2.45) is 0 Å². The summed E-state index contributed by atoms with van der Waals surface area (Å²) in [7, 11) is 2.17. The van der Waals surface area contributed by atoms with Crippen LogP contribution in [-0.4, -0.2) is 50.6 Å². The highest BCUT2D eigenvalue weighted by Gasteiger charge is 2.24. The number of carbonyl (C=O) groups is 1. The van der Waals surface area contributed by atoms with Crippen LogP contribution < -0.4 is 10.2 Å². The number of nitrogens with zero attached hydrogens (tertiary/aromatic N) is 2. The Hall–Kier alpha value is -1.55. The lowest BCUT2D eigenvalue weighted by Gasteiger charge is -2.34. The van der Waals surface area contributed by atoms with Gasteiger partial charge in [0.2, 0.25) is 5.91 Å². The van der Waals surface area contributed by atoms with Gasteiger partial charge in [0.05, 0.1) is 5.92 Å². The van der Waals surface area contributed by atoms with Crippen LogP contribution in [0.15, 0.2) is 24.3 Å². The quantitative estimate of drug-likeness (QED) is 0.885. The minimum Gasteiger partial charge on any atom is -0.369 e. The van der Waals surface area contributed by atoms with E-state index in [1.165, 1.54) is 11.3 Å². The zero-order valence-electron chi connectivity index (χ0n) is 12.1. The van der Waals surface area contributed by atoms with Gasteiger partial charge in [0.1, 0.15) is 0 Å². The molecule has 0 saturated carbocycles. The van der Waals surface area contributed by atoms with Gasteiger partial charge in [0, 0.05) is 38.4 Å². The molecule has 2 aliphatic heterocycles. The maximum atomic E-state index is 12.0. The summed E-state index contributed by atoms with van der Waals surface area (Å²) in [6, 6.07) is 8.55. The minimum absolute atomic E-state index is 0.0381. The van der Waals surface area contributed by atoms with Gasteiger partial charge in [0.15, 0.2) is 0 Å². The molecule has 1 atom stereocenters. The highest BCUT2D eigenvalue weighted by atomic mass is 16.1. The summed E-state index contributed by atoms with van der Waals surface area (Å²) in [6.07, 6.45) is 2.05. The van der Waals surface area contributed by atoms with Gasteiger partial charge < -0.3 is 15.1 Å². The molecule has 1 aromatic rings. The molecular formula is C16H23N3O. The predicted octanol–water partition coefficient (Wildman–Crippen LogP) is 1.43. The fraction of sp³-hybridized carbons (Fsp3) is 0.562. The van der Waals surface area contributed by atoms with E-state index in [4.69, 9.17) is 0 Å². The Balaban J connectivity index is 1.77. The number of carbonyl (C=O) groups excluding carboxylic acids is 1. The highest BCUT2D eigenvalue weighted by molar-refractivity contribution is 5.84. The van der Waals surface area contributed by atoms with Gasteiger partial charge in [-0.15, -0.1) is 0 Å². The monoisotopic (exact) mass is 273 g/mol. The van der Waals surface area contributed by atoms with Crippen LogP contribution >= 0.6 is 0 Å². The van der Waals surface area contributed by atoms with Gasteiger partial charge in [-0.3, -0.25) is 4.79 Å². The molecule has 0 aliphatic carbocycles. The Morgan fingerprint density at radius 2 is 2.00 bits per heavy atom. The molecule has 1 amide bonds. The van der Waals surface area contributed by atoms with Crippen LogP contribution in [0.3, 0.4) is 0 Å². The number of rotatable bonds is 2. The molecule has 0 radical (unpaired) electrons. The van der Waals surface area contributed by atoms with Gasteiger partial charge in [-0.2, -0.15) is 0 Å². The number of likely N-dealkylation sites (N-methyl/N-ethyl adjacent to an activating group) is 1. The fourth-order valence-corrected chi connectivity index (χ4v) is 3.09. The third kappa shape index (κ3) is 2.80. The van der Waals surface area contributed by atoms with Gasteiger partial charge in [-0.25, -0.2) is 0 Å². The second-order valence-electron chi connectivity index (χ2n) is 5.87. The van der Waals surface area contributed by atoms with Crippen molar-refractivity contribution in [3.8, 4) is 0 Å². The van der Waals surface area contributed by atoms with E-state index < -0.39 is 0 Å². The molecule has 1 aromatic carbocycles. The Bertz CT molecular complexity index is 480. The summed E-state index contributed by atoms with van der Waals surface area (Å²) in [5, 5.41) is 2.98. The predicted molar refractivity (Wildman–Crippen MR) is 81.1 cm³/mol. The van der Waals surface area contributed by atoms with Crippen LogP contribution in [0.4, 0.5) is 5.69 Å². The fourth-order valence-electron chi connectivity index (χ4n) is 3.09. The normalized spacial score (nSPS) is 24.6. The first kappa shape index (κ1) is 13.4.